The van der Waals surface area contributed by atoms with Crippen LogP contribution in [0.5, 0.6) is 0 Å². The number of rotatable bonds is 6. The van der Waals surface area contributed by atoms with Crippen molar-refractivity contribution in [1.82, 2.24) is 9.97 Å². The second-order valence-electron chi connectivity index (χ2n) is 13.1. The van der Waals surface area contributed by atoms with E-state index in [1.807, 2.05) is 52.8 Å². The van der Waals surface area contributed by atoms with Gasteiger partial charge in [0.1, 0.15) is 12.7 Å². The molecule has 5 rings (SSSR count). The second kappa shape index (κ2) is 13.5. The lowest BCUT2D eigenvalue weighted by Crippen LogP contribution is -2.41. The van der Waals surface area contributed by atoms with Crippen molar-refractivity contribution in [2.75, 3.05) is 18.1 Å². The fourth-order valence-corrected chi connectivity index (χ4v) is 4.34. The van der Waals surface area contributed by atoms with Crippen LogP contribution < -0.4 is 22.4 Å². The van der Waals surface area contributed by atoms with Gasteiger partial charge in [0.2, 0.25) is 6.61 Å². The Labute approximate surface area is 264 Å². The third-order valence-electron chi connectivity index (χ3n) is 8.75. The Morgan fingerprint density at radius 2 is 1.30 bits per heavy atom. The van der Waals surface area contributed by atoms with E-state index in [0.717, 1.165) is 46.4 Å². The lowest BCUT2D eigenvalue weighted by molar-refractivity contribution is 0.00578. The maximum Gasteiger partial charge on any atom is 0.494 e. The van der Waals surface area contributed by atoms with Crippen LogP contribution >= 0.6 is 0 Å². The molecule has 1 aromatic heterocycles. The third kappa shape index (κ3) is 7.93. The number of allylic oxidation sites excluding steroid dienone is 1. The van der Waals surface area contributed by atoms with E-state index < -0.39 is 0 Å². The van der Waals surface area contributed by atoms with E-state index in [0.29, 0.717) is 18.0 Å². The fraction of sp³-hybridized carbons (Fsp3) is 0.515. The molecule has 3 heterocycles. The molecule has 44 heavy (non-hydrogen) atoms. The molecule has 2 aromatic carbocycles. The molecule has 2 fully saturated rings. The molecule has 0 aliphatic carbocycles. The van der Waals surface area contributed by atoms with Crippen LogP contribution in [0.25, 0.3) is 11.0 Å². The van der Waals surface area contributed by atoms with E-state index in [-0.39, 0.29) is 36.6 Å². The Morgan fingerprint density at radius 1 is 0.818 bits per heavy atom. The largest absolute Gasteiger partial charge is 0.494 e. The molecule has 0 atom stereocenters. The number of nitrogen functional groups attached to an aromatic ring is 2. The van der Waals surface area contributed by atoms with Crippen molar-refractivity contribution in [2.24, 2.45) is 0 Å². The highest BCUT2D eigenvalue weighted by Crippen LogP contribution is 2.37. The van der Waals surface area contributed by atoms with Crippen molar-refractivity contribution in [3.63, 3.8) is 0 Å². The molecule has 0 saturated carbocycles. The van der Waals surface area contributed by atoms with Crippen LogP contribution in [0.15, 0.2) is 48.7 Å². The Hall–Kier alpha value is -3.11. The molecule has 238 valence electrons. The number of nitrogens with one attached hydrogen (secondary N) is 1. The summed E-state index contributed by atoms with van der Waals surface area (Å²) in [6.07, 6.45) is 1.79. The number of nitrogens with zero attached hydrogens (tertiary/aromatic N) is 1. The summed E-state index contributed by atoms with van der Waals surface area (Å²) in [6.45, 7) is 28.0. The van der Waals surface area contributed by atoms with Gasteiger partial charge in [-0.1, -0.05) is 32.6 Å². The van der Waals surface area contributed by atoms with E-state index >= 15 is 0 Å². The van der Waals surface area contributed by atoms with Gasteiger partial charge in [-0.05, 0) is 90.6 Å². The standard InChI is InChI=1S/C15H21BN2O2.C12H19BN2O2.C6H11O/c1-6-13-17-11-8-7-10(9-12(11)18-13)16-19-14(2,3)15(4,5)20-16;1-11(2)12(3,4)17-13(16-11)8-5-6-9(14)10(15)7-8;1-4-6(3)7-5-2/h7-9H,6H2,1-5H3,(H,17,18);5-7H,14-15H2,1-4H3;2-5H2,1H3/q;;+1. The van der Waals surface area contributed by atoms with Crippen LogP contribution in [-0.2, 0) is 29.8 Å². The molecule has 0 radical (unpaired) electrons. The quantitative estimate of drug-likeness (QED) is 0.149. The molecule has 2 aliphatic rings. The fourth-order valence-electron chi connectivity index (χ4n) is 4.34. The van der Waals surface area contributed by atoms with E-state index in [2.05, 4.69) is 64.2 Å². The summed E-state index contributed by atoms with van der Waals surface area (Å²) < 4.78 is 28.9. The summed E-state index contributed by atoms with van der Waals surface area (Å²) in [5.41, 5.74) is 15.3. The van der Waals surface area contributed by atoms with Crippen LogP contribution in [0, 0.1) is 6.92 Å². The summed E-state index contributed by atoms with van der Waals surface area (Å²) in [5.74, 6) is 1.82. The van der Waals surface area contributed by atoms with Gasteiger partial charge < -0.3 is 39.8 Å². The van der Waals surface area contributed by atoms with Crippen molar-refractivity contribution in [2.45, 2.75) is 104 Å². The zero-order valence-electron chi connectivity index (χ0n) is 28.3. The first-order valence-electron chi connectivity index (χ1n) is 15.3. The number of imidazole rings is 1. The highest BCUT2D eigenvalue weighted by molar-refractivity contribution is 6.62. The first-order valence-corrected chi connectivity index (χ1v) is 15.3. The van der Waals surface area contributed by atoms with E-state index in [1.54, 1.807) is 12.1 Å². The van der Waals surface area contributed by atoms with Crippen molar-refractivity contribution >= 4 is 47.6 Å². The topological polar surface area (TPSA) is 127 Å². The molecule has 5 N–H and O–H groups in total. The van der Waals surface area contributed by atoms with E-state index in [1.165, 1.54) is 0 Å². The Bertz CT molecular complexity index is 1400. The molecule has 11 heteroatoms. The van der Waals surface area contributed by atoms with Crippen molar-refractivity contribution < 1.29 is 23.4 Å². The van der Waals surface area contributed by atoms with Crippen LogP contribution in [0.4, 0.5) is 11.4 Å². The van der Waals surface area contributed by atoms with Crippen LogP contribution in [0.2, 0.25) is 0 Å². The van der Waals surface area contributed by atoms with Gasteiger partial charge in [-0.15, -0.1) is 0 Å². The molecule has 3 aromatic rings. The molecular formula is C33H51B2N4O5+. The highest BCUT2D eigenvalue weighted by Gasteiger charge is 2.52. The van der Waals surface area contributed by atoms with Crippen molar-refractivity contribution in [3.8, 4) is 0 Å². The van der Waals surface area contributed by atoms with E-state index in [4.69, 9.17) is 34.8 Å². The lowest BCUT2D eigenvalue weighted by Gasteiger charge is -2.32. The van der Waals surface area contributed by atoms with Crippen molar-refractivity contribution in [1.29, 1.82) is 0 Å². The average molecular weight is 605 g/mol. The summed E-state index contributed by atoms with van der Waals surface area (Å²) in [7, 11) is -0.708. The number of fused-ring (bicyclic) bond motifs is 1. The van der Waals surface area contributed by atoms with Gasteiger partial charge in [0.25, 0.3) is 0 Å². The Morgan fingerprint density at radius 3 is 1.70 bits per heavy atom. The minimum absolute atomic E-state index is 0.310. The monoisotopic (exact) mass is 605 g/mol. The van der Waals surface area contributed by atoms with Gasteiger partial charge in [-0.3, -0.25) is 0 Å². The van der Waals surface area contributed by atoms with Crippen LogP contribution in [0.1, 0.15) is 81.5 Å². The van der Waals surface area contributed by atoms with Crippen LogP contribution in [-0.4, -0.2) is 53.2 Å². The predicted molar refractivity (Wildman–Crippen MR) is 183 cm³/mol. The smallest absolute Gasteiger partial charge is 0.458 e. The summed E-state index contributed by atoms with van der Waals surface area (Å²) in [6, 6.07) is 11.6. The van der Waals surface area contributed by atoms with Crippen LogP contribution in [0.3, 0.4) is 0 Å². The zero-order valence-corrected chi connectivity index (χ0v) is 28.3. The third-order valence-corrected chi connectivity index (χ3v) is 8.75. The number of nitrogens with two attached hydrogens (primary N) is 2. The summed E-state index contributed by atoms with van der Waals surface area (Å²) >= 11 is 0. The van der Waals surface area contributed by atoms with Gasteiger partial charge in [0.15, 0.2) is 0 Å². The Balaban J connectivity index is 0.000000201. The summed E-state index contributed by atoms with van der Waals surface area (Å²) in [5, 5.41) is 0. The number of aromatic amines is 1. The van der Waals surface area contributed by atoms with Gasteiger partial charge in [0, 0.05) is 12.8 Å². The van der Waals surface area contributed by atoms with E-state index in [9.17, 15) is 0 Å². The number of anilines is 2. The first kappa shape index (κ1) is 35.4. The maximum atomic E-state index is 6.08. The second-order valence-corrected chi connectivity index (χ2v) is 13.1. The van der Waals surface area contributed by atoms with Gasteiger partial charge in [-0.25, -0.2) is 4.98 Å². The molecule has 0 spiro atoms. The molecule has 0 amide bonds. The lowest BCUT2D eigenvalue weighted by atomic mass is 9.79. The molecule has 0 bridgehead atoms. The number of aromatic nitrogens is 2. The number of benzene rings is 2. The maximum absolute atomic E-state index is 6.08. The molecular weight excluding hydrogens is 554 g/mol. The first-order chi connectivity index (χ1) is 20.4. The number of hydrogen-bond acceptors (Lipinski definition) is 8. The Kier molecular flexibility index (Phi) is 10.8. The summed E-state index contributed by atoms with van der Waals surface area (Å²) in [4.78, 5) is 7.85. The number of ether oxygens (including phenoxy) is 1. The molecule has 2 aliphatic heterocycles. The normalized spacial score (nSPS) is 19.1. The average Bonchev–Trinajstić information content (AvgIpc) is 3.53. The SMILES string of the molecule is C=C(CC)OC[CH2+].CC1(C)OB(c2ccc(N)c(N)c2)OC1(C)C.CCc1nc2ccc(B3OC(C)(C)C(C)(C)O3)cc2[nH]1. The molecule has 9 nitrogen and oxygen atoms in total. The highest BCUT2D eigenvalue weighted by atomic mass is 16.7. The van der Waals surface area contributed by atoms with Gasteiger partial charge in [0.05, 0.1) is 50.6 Å². The van der Waals surface area contributed by atoms with Gasteiger partial charge >= 0.3 is 14.2 Å². The van der Waals surface area contributed by atoms with Crippen molar-refractivity contribution in [3.05, 3.63) is 61.5 Å². The number of hydrogen-bond donors (Lipinski definition) is 3. The number of aryl methyl sites for hydroxylation is 1. The van der Waals surface area contributed by atoms with Gasteiger partial charge in [-0.2, -0.15) is 0 Å². The zero-order chi connectivity index (χ0) is 33.1. The number of H-pyrrole nitrogens is 1. The minimum Gasteiger partial charge on any atom is -0.458 e. The predicted octanol–water partition coefficient (Wildman–Crippen LogP) is 5.34. The minimum atomic E-state index is -0.386. The molecule has 2 saturated heterocycles. The molecule has 0 unspecified atom stereocenters.